The highest BCUT2D eigenvalue weighted by atomic mass is 79.9. The molecule has 2 fully saturated rings. The van der Waals surface area contributed by atoms with E-state index in [-0.39, 0.29) is 0 Å². The van der Waals surface area contributed by atoms with Crippen LogP contribution in [0.4, 0.5) is 0 Å². The van der Waals surface area contributed by atoms with Gasteiger partial charge < -0.3 is 4.74 Å². The molecule has 0 spiro atoms. The van der Waals surface area contributed by atoms with E-state index >= 15 is 0 Å². The lowest BCUT2D eigenvalue weighted by Gasteiger charge is -2.18. The monoisotopic (exact) mass is 254 g/mol. The molecule has 1 saturated heterocycles. The molecule has 4 atom stereocenters. The fourth-order valence-corrected chi connectivity index (χ4v) is 2.50. The number of ether oxygens (including phenoxy) is 1. The van der Waals surface area contributed by atoms with Crippen molar-refractivity contribution in [2.45, 2.75) is 34.7 Å². The Labute approximate surface area is 71.4 Å². The molecule has 1 heterocycles. The molecule has 2 aliphatic rings. The fraction of sp³-hybridized carbons (Fsp3) is 1.00. The van der Waals surface area contributed by atoms with Crippen LogP contribution in [0.5, 0.6) is 0 Å². The summed E-state index contributed by atoms with van der Waals surface area (Å²) in [6, 6.07) is 0. The second-order valence-electron chi connectivity index (χ2n) is 2.72. The zero-order valence-electron chi connectivity index (χ0n) is 4.89. The standard InChI is InChI=1S/C6H8Br2O/c7-3-1-5-6(9-5)2-4(3)8/h3-6H,1-2H2/t3-,4+,5-,6+. The van der Waals surface area contributed by atoms with E-state index in [2.05, 4.69) is 31.9 Å². The first kappa shape index (κ1) is 6.62. The van der Waals surface area contributed by atoms with Crippen molar-refractivity contribution in [2.75, 3.05) is 0 Å². The van der Waals surface area contributed by atoms with Crippen molar-refractivity contribution in [1.82, 2.24) is 0 Å². The van der Waals surface area contributed by atoms with Gasteiger partial charge in [0.25, 0.3) is 0 Å². The Morgan fingerprint density at radius 3 is 1.89 bits per heavy atom. The first-order valence-electron chi connectivity index (χ1n) is 3.21. The number of hydrogen-bond acceptors (Lipinski definition) is 1. The lowest BCUT2D eigenvalue weighted by molar-refractivity contribution is 0.373. The molecule has 2 rings (SSSR count). The quantitative estimate of drug-likeness (QED) is 0.477. The van der Waals surface area contributed by atoms with E-state index in [0.717, 1.165) is 0 Å². The van der Waals surface area contributed by atoms with Crippen LogP contribution in [0.25, 0.3) is 0 Å². The summed E-state index contributed by atoms with van der Waals surface area (Å²) in [6.07, 6.45) is 3.53. The Morgan fingerprint density at radius 1 is 1.00 bits per heavy atom. The maximum absolute atomic E-state index is 5.36. The summed E-state index contributed by atoms with van der Waals surface area (Å²) >= 11 is 7.19. The lowest BCUT2D eigenvalue weighted by Crippen LogP contribution is -2.24. The van der Waals surface area contributed by atoms with Gasteiger partial charge in [0.2, 0.25) is 0 Å². The molecule has 3 heteroatoms. The first-order valence-corrected chi connectivity index (χ1v) is 5.04. The third-order valence-corrected chi connectivity index (χ3v) is 4.73. The molecule has 0 aromatic rings. The van der Waals surface area contributed by atoms with E-state index in [1.165, 1.54) is 12.8 Å². The highest BCUT2D eigenvalue weighted by molar-refractivity contribution is 9.12. The van der Waals surface area contributed by atoms with Crippen LogP contribution in [0.2, 0.25) is 0 Å². The van der Waals surface area contributed by atoms with Crippen molar-refractivity contribution in [1.29, 1.82) is 0 Å². The Kier molecular flexibility index (Phi) is 1.62. The summed E-state index contributed by atoms with van der Waals surface area (Å²) < 4.78 is 5.36. The molecule has 0 unspecified atom stereocenters. The van der Waals surface area contributed by atoms with Gasteiger partial charge in [0.15, 0.2) is 0 Å². The van der Waals surface area contributed by atoms with Gasteiger partial charge in [-0.15, -0.1) is 0 Å². The molecule has 1 saturated carbocycles. The molecular formula is C6H8Br2O. The van der Waals surface area contributed by atoms with Gasteiger partial charge >= 0.3 is 0 Å². The largest absolute Gasteiger partial charge is 0.370 e. The molecule has 0 aromatic carbocycles. The van der Waals surface area contributed by atoms with Crippen molar-refractivity contribution < 1.29 is 4.74 Å². The molecule has 0 amide bonds. The lowest BCUT2D eigenvalue weighted by atomic mass is 10.0. The molecule has 1 aliphatic carbocycles. The molecular weight excluding hydrogens is 248 g/mol. The number of alkyl halides is 2. The maximum Gasteiger partial charge on any atom is 0.0853 e. The number of rotatable bonds is 0. The van der Waals surface area contributed by atoms with Crippen LogP contribution in [-0.4, -0.2) is 21.9 Å². The maximum atomic E-state index is 5.36. The van der Waals surface area contributed by atoms with Gasteiger partial charge in [0.1, 0.15) is 0 Å². The van der Waals surface area contributed by atoms with Gasteiger partial charge in [0, 0.05) is 9.65 Å². The number of hydrogen-bond donors (Lipinski definition) is 0. The minimum absolute atomic E-state index is 0.586. The van der Waals surface area contributed by atoms with Crippen molar-refractivity contribution in [3.05, 3.63) is 0 Å². The van der Waals surface area contributed by atoms with Gasteiger partial charge in [-0.25, -0.2) is 0 Å². The smallest absolute Gasteiger partial charge is 0.0853 e. The first-order chi connectivity index (χ1) is 4.27. The molecule has 52 valence electrons. The third-order valence-electron chi connectivity index (χ3n) is 2.00. The molecule has 0 bridgehead atoms. The molecule has 0 aromatic heterocycles. The summed E-state index contributed by atoms with van der Waals surface area (Å²) in [5, 5.41) is 0. The van der Waals surface area contributed by atoms with Crippen LogP contribution in [-0.2, 0) is 4.74 Å². The Bertz CT molecular complexity index is 114. The normalized spacial score (nSPS) is 56.7. The van der Waals surface area contributed by atoms with E-state index in [9.17, 15) is 0 Å². The van der Waals surface area contributed by atoms with Crippen LogP contribution >= 0.6 is 31.9 Å². The summed E-state index contributed by atoms with van der Waals surface area (Å²) in [7, 11) is 0. The van der Waals surface area contributed by atoms with Crippen molar-refractivity contribution in [3.63, 3.8) is 0 Å². The average molecular weight is 256 g/mol. The van der Waals surface area contributed by atoms with Gasteiger partial charge in [0.05, 0.1) is 12.2 Å². The van der Waals surface area contributed by atoms with E-state index < -0.39 is 0 Å². The molecule has 0 radical (unpaired) electrons. The predicted molar refractivity (Wildman–Crippen MR) is 43.3 cm³/mol. The minimum atomic E-state index is 0.586. The summed E-state index contributed by atoms with van der Waals surface area (Å²) in [6.45, 7) is 0. The molecule has 1 aliphatic heterocycles. The summed E-state index contributed by atoms with van der Waals surface area (Å²) in [4.78, 5) is 1.25. The molecule has 9 heavy (non-hydrogen) atoms. The zero-order valence-corrected chi connectivity index (χ0v) is 8.06. The minimum Gasteiger partial charge on any atom is -0.370 e. The van der Waals surface area contributed by atoms with E-state index in [1.54, 1.807) is 0 Å². The fourth-order valence-electron chi connectivity index (χ4n) is 1.33. The Morgan fingerprint density at radius 2 is 1.44 bits per heavy atom. The van der Waals surface area contributed by atoms with Crippen LogP contribution < -0.4 is 0 Å². The van der Waals surface area contributed by atoms with Gasteiger partial charge in [-0.1, -0.05) is 31.9 Å². The van der Waals surface area contributed by atoms with Crippen LogP contribution in [0.1, 0.15) is 12.8 Å². The number of epoxide rings is 1. The van der Waals surface area contributed by atoms with Gasteiger partial charge in [-0.2, -0.15) is 0 Å². The van der Waals surface area contributed by atoms with Crippen LogP contribution in [0, 0.1) is 0 Å². The second-order valence-corrected chi connectivity index (χ2v) is 5.07. The van der Waals surface area contributed by atoms with Gasteiger partial charge in [-0.3, -0.25) is 0 Å². The SMILES string of the molecule is Br[C@@H]1C[C@H]2O[C@H]2C[C@@H]1Br. The number of fused-ring (bicyclic) bond motifs is 1. The van der Waals surface area contributed by atoms with E-state index in [4.69, 9.17) is 4.74 Å². The van der Waals surface area contributed by atoms with E-state index in [0.29, 0.717) is 21.9 Å². The van der Waals surface area contributed by atoms with Crippen LogP contribution in [0.3, 0.4) is 0 Å². The Hall–Kier alpha value is 0.920. The van der Waals surface area contributed by atoms with Crippen molar-refractivity contribution in [3.8, 4) is 0 Å². The summed E-state index contributed by atoms with van der Waals surface area (Å²) in [5.41, 5.74) is 0. The van der Waals surface area contributed by atoms with Gasteiger partial charge in [-0.05, 0) is 12.8 Å². The second kappa shape index (κ2) is 2.21. The number of halogens is 2. The average Bonchev–Trinajstić information content (AvgIpc) is 2.46. The van der Waals surface area contributed by atoms with Crippen molar-refractivity contribution in [2.24, 2.45) is 0 Å². The zero-order chi connectivity index (χ0) is 6.43. The Balaban J connectivity index is 1.98. The van der Waals surface area contributed by atoms with E-state index in [1.807, 2.05) is 0 Å². The topological polar surface area (TPSA) is 12.5 Å². The van der Waals surface area contributed by atoms with Crippen LogP contribution in [0.15, 0.2) is 0 Å². The summed E-state index contributed by atoms with van der Waals surface area (Å²) in [5.74, 6) is 0. The highest BCUT2D eigenvalue weighted by Crippen LogP contribution is 2.41. The molecule has 1 nitrogen and oxygen atoms in total. The molecule has 0 N–H and O–H groups in total. The third kappa shape index (κ3) is 1.19. The predicted octanol–water partition coefficient (Wildman–Crippen LogP) is 2.07. The highest BCUT2D eigenvalue weighted by Gasteiger charge is 2.46. The van der Waals surface area contributed by atoms with Crippen molar-refractivity contribution >= 4 is 31.9 Å².